The minimum Gasteiger partial charge on any atom is -0.449 e. The highest BCUT2D eigenvalue weighted by Crippen LogP contribution is 2.27. The smallest absolute Gasteiger partial charge is 0.340 e. The third-order valence-electron chi connectivity index (χ3n) is 6.19. The Morgan fingerprint density at radius 1 is 1.06 bits per heavy atom. The number of sulfonamides is 1. The average Bonchev–Trinajstić information content (AvgIpc) is 2.74. The van der Waals surface area contributed by atoms with Crippen LogP contribution >= 0.6 is 11.6 Å². The van der Waals surface area contributed by atoms with E-state index in [0.717, 1.165) is 38.5 Å². The first-order chi connectivity index (χ1) is 14.6. The van der Waals surface area contributed by atoms with E-state index in [-0.39, 0.29) is 33.5 Å². The molecule has 0 N–H and O–H groups in total. The molecule has 9 heteroatoms. The van der Waals surface area contributed by atoms with Crippen molar-refractivity contribution >= 4 is 33.5 Å². The largest absolute Gasteiger partial charge is 0.449 e. The van der Waals surface area contributed by atoms with Gasteiger partial charge in [-0.15, -0.1) is 0 Å². The first-order valence-electron chi connectivity index (χ1n) is 11.0. The van der Waals surface area contributed by atoms with Crippen LogP contribution in [0.1, 0.15) is 69.7 Å². The molecule has 3 atom stereocenters. The molecule has 0 bridgehead atoms. The van der Waals surface area contributed by atoms with Crippen LogP contribution < -0.4 is 0 Å². The van der Waals surface area contributed by atoms with Gasteiger partial charge in [0.25, 0.3) is 5.91 Å². The summed E-state index contributed by atoms with van der Waals surface area (Å²) in [5.74, 6) is -1.06. The van der Waals surface area contributed by atoms with Crippen molar-refractivity contribution in [3.63, 3.8) is 0 Å². The fourth-order valence-corrected chi connectivity index (χ4v) is 6.15. The van der Waals surface area contributed by atoms with Gasteiger partial charge >= 0.3 is 5.97 Å². The lowest BCUT2D eigenvalue weighted by Crippen LogP contribution is -2.51. The van der Waals surface area contributed by atoms with E-state index >= 15 is 0 Å². The summed E-state index contributed by atoms with van der Waals surface area (Å²) in [5.41, 5.74) is -0.0563. The molecule has 31 heavy (non-hydrogen) atoms. The quantitative estimate of drug-likeness (QED) is 0.610. The van der Waals surface area contributed by atoms with Crippen molar-refractivity contribution in [3.8, 4) is 0 Å². The van der Waals surface area contributed by atoms with Gasteiger partial charge in [-0.3, -0.25) is 4.79 Å². The molecule has 1 aromatic carbocycles. The maximum Gasteiger partial charge on any atom is 0.340 e. The Morgan fingerprint density at radius 3 is 2.29 bits per heavy atom. The van der Waals surface area contributed by atoms with Gasteiger partial charge in [-0.1, -0.05) is 18.0 Å². The molecular weight excluding hydrogens is 440 g/mol. The third-order valence-corrected chi connectivity index (χ3v) is 8.41. The Hall–Kier alpha value is -1.64. The Labute approximate surface area is 189 Å². The predicted molar refractivity (Wildman–Crippen MR) is 119 cm³/mol. The highest BCUT2D eigenvalue weighted by Gasteiger charge is 2.34. The van der Waals surface area contributed by atoms with Crippen molar-refractivity contribution in [2.45, 2.75) is 82.4 Å². The maximum atomic E-state index is 13.0. The number of ether oxygens (including phenoxy) is 1. The van der Waals surface area contributed by atoms with Gasteiger partial charge in [0.2, 0.25) is 10.0 Å². The lowest BCUT2D eigenvalue weighted by molar-refractivity contribution is -0.146. The van der Waals surface area contributed by atoms with Gasteiger partial charge in [-0.05, 0) is 71.1 Å². The summed E-state index contributed by atoms with van der Waals surface area (Å²) in [4.78, 5) is 27.5. The highest BCUT2D eigenvalue weighted by molar-refractivity contribution is 7.89. The Morgan fingerprint density at radius 2 is 1.68 bits per heavy atom. The number of nitrogens with zero attached hydrogens (tertiary/aromatic N) is 2. The minimum absolute atomic E-state index is 0.00278. The molecule has 0 radical (unpaired) electrons. The van der Waals surface area contributed by atoms with Crippen LogP contribution in [-0.2, 0) is 19.6 Å². The number of rotatable bonds is 5. The number of hydrogen-bond acceptors (Lipinski definition) is 5. The molecular formula is C22H31ClN2O5S. The molecule has 2 aliphatic heterocycles. The van der Waals surface area contributed by atoms with Crippen LogP contribution in [0.2, 0.25) is 5.02 Å². The van der Waals surface area contributed by atoms with Crippen molar-refractivity contribution in [1.82, 2.24) is 9.21 Å². The first-order valence-corrected chi connectivity index (χ1v) is 12.8. The van der Waals surface area contributed by atoms with Crippen molar-refractivity contribution < 1.29 is 22.7 Å². The molecule has 2 aliphatic rings. The average molecular weight is 471 g/mol. The summed E-state index contributed by atoms with van der Waals surface area (Å²) in [7, 11) is -3.72. The van der Waals surface area contributed by atoms with E-state index in [1.54, 1.807) is 4.90 Å². The highest BCUT2D eigenvalue weighted by atomic mass is 35.5. The number of carbonyl (C=O) groups is 2. The molecule has 0 spiro atoms. The van der Waals surface area contributed by atoms with Crippen LogP contribution in [-0.4, -0.2) is 60.8 Å². The van der Waals surface area contributed by atoms with Gasteiger partial charge in [0.1, 0.15) is 0 Å². The van der Waals surface area contributed by atoms with E-state index in [1.165, 1.54) is 29.4 Å². The number of hydrogen-bond donors (Lipinski definition) is 0. The second-order valence-electron chi connectivity index (χ2n) is 8.53. The van der Waals surface area contributed by atoms with Crippen LogP contribution in [0.3, 0.4) is 0 Å². The zero-order valence-corrected chi connectivity index (χ0v) is 19.9. The summed E-state index contributed by atoms with van der Waals surface area (Å²) in [6.45, 7) is 6.45. The molecule has 2 heterocycles. The van der Waals surface area contributed by atoms with Gasteiger partial charge in [0.05, 0.1) is 15.5 Å². The number of piperidine rings is 2. The third kappa shape index (κ3) is 5.23. The topological polar surface area (TPSA) is 84.0 Å². The number of likely N-dealkylation sites (tertiary alicyclic amines) is 1. The molecule has 1 amide bonds. The van der Waals surface area contributed by atoms with Crippen molar-refractivity contribution in [1.29, 1.82) is 0 Å². The molecule has 0 aromatic heterocycles. The summed E-state index contributed by atoms with van der Waals surface area (Å²) in [6, 6.07) is 4.20. The van der Waals surface area contributed by atoms with E-state index in [9.17, 15) is 18.0 Å². The Bertz CT molecular complexity index is 920. The van der Waals surface area contributed by atoms with Crippen LogP contribution in [0.5, 0.6) is 0 Å². The van der Waals surface area contributed by atoms with Gasteiger partial charge < -0.3 is 9.64 Å². The van der Waals surface area contributed by atoms with Crippen LogP contribution in [0.4, 0.5) is 0 Å². The zero-order chi connectivity index (χ0) is 22.8. The molecule has 0 saturated carbocycles. The van der Waals surface area contributed by atoms with Crippen molar-refractivity contribution in [3.05, 3.63) is 28.8 Å². The summed E-state index contributed by atoms with van der Waals surface area (Å²) in [6.07, 6.45) is 4.54. The molecule has 3 rings (SSSR count). The molecule has 1 aromatic rings. The van der Waals surface area contributed by atoms with Crippen LogP contribution in [0.15, 0.2) is 23.1 Å². The van der Waals surface area contributed by atoms with E-state index in [2.05, 4.69) is 0 Å². The van der Waals surface area contributed by atoms with Gasteiger partial charge in [0.15, 0.2) is 6.10 Å². The molecule has 0 unspecified atom stereocenters. The van der Waals surface area contributed by atoms with Crippen LogP contribution in [0.25, 0.3) is 0 Å². The van der Waals surface area contributed by atoms with E-state index < -0.39 is 22.1 Å². The van der Waals surface area contributed by atoms with Crippen LogP contribution in [0, 0.1) is 0 Å². The fraction of sp³-hybridized carbons (Fsp3) is 0.636. The SMILES string of the molecule is C[C@@H]1CCC[C@@H](C)N1C(=O)[C@@H](C)OC(=O)c1cc(S(=O)(=O)N2CCCCC2)ccc1Cl. The molecule has 0 aliphatic carbocycles. The molecule has 2 saturated heterocycles. The lowest BCUT2D eigenvalue weighted by Gasteiger charge is -2.40. The van der Waals surface area contributed by atoms with Crippen molar-refractivity contribution in [2.75, 3.05) is 13.1 Å². The summed E-state index contributed by atoms with van der Waals surface area (Å²) < 4.78 is 32.8. The first kappa shape index (κ1) is 24.0. The summed E-state index contributed by atoms with van der Waals surface area (Å²) >= 11 is 6.18. The summed E-state index contributed by atoms with van der Waals surface area (Å²) in [5, 5.41) is 0.0851. The number of benzene rings is 1. The number of amides is 1. The zero-order valence-electron chi connectivity index (χ0n) is 18.3. The molecule has 172 valence electrons. The Kier molecular flexibility index (Phi) is 7.65. The fourth-order valence-electron chi connectivity index (χ4n) is 4.42. The van der Waals surface area contributed by atoms with Gasteiger partial charge in [0, 0.05) is 25.2 Å². The van der Waals surface area contributed by atoms with E-state index in [0.29, 0.717) is 13.1 Å². The standard InChI is InChI=1S/C22H31ClN2O5S/c1-15-8-7-9-16(2)25(15)21(26)17(3)30-22(27)19-14-18(10-11-20(19)23)31(28,29)24-12-5-4-6-13-24/h10-11,14-17H,4-9,12-13H2,1-3H3/t15-,16-,17-/m1/s1. The van der Waals surface area contributed by atoms with E-state index in [1.807, 2.05) is 13.8 Å². The number of esters is 1. The van der Waals surface area contributed by atoms with E-state index in [4.69, 9.17) is 16.3 Å². The lowest BCUT2D eigenvalue weighted by atomic mass is 9.97. The van der Waals surface area contributed by atoms with Gasteiger partial charge in [-0.2, -0.15) is 4.31 Å². The second-order valence-corrected chi connectivity index (χ2v) is 10.9. The van der Waals surface area contributed by atoms with Gasteiger partial charge in [-0.25, -0.2) is 13.2 Å². The van der Waals surface area contributed by atoms with Crippen molar-refractivity contribution in [2.24, 2.45) is 0 Å². The monoisotopic (exact) mass is 470 g/mol. The molecule has 7 nitrogen and oxygen atoms in total. The normalized spacial score (nSPS) is 23.9. The number of halogens is 1. The second kappa shape index (κ2) is 9.88. The Balaban J connectivity index is 1.77. The maximum absolute atomic E-state index is 13.0. The minimum atomic E-state index is -3.72. The predicted octanol–water partition coefficient (Wildman–Crippen LogP) is 3.85. The molecule has 2 fully saturated rings. The number of carbonyl (C=O) groups excluding carboxylic acids is 2.